The number of carboxylic acid groups (broad SMARTS) is 1. The molecule has 0 saturated heterocycles. The van der Waals surface area contributed by atoms with Gasteiger partial charge in [0.05, 0.1) is 10.2 Å². The van der Waals surface area contributed by atoms with Crippen molar-refractivity contribution < 1.29 is 14.3 Å². The summed E-state index contributed by atoms with van der Waals surface area (Å²) in [5, 5.41) is 9.92. The summed E-state index contributed by atoms with van der Waals surface area (Å²) in [4.78, 5) is 20.3. The summed E-state index contributed by atoms with van der Waals surface area (Å²) in [5.41, 5.74) is 4.46. The summed E-state index contributed by atoms with van der Waals surface area (Å²) < 4.78 is 6.69. The van der Waals surface area contributed by atoms with Gasteiger partial charge in [0, 0.05) is 12.0 Å². The number of aliphatic carboxylic acids is 1. The van der Waals surface area contributed by atoms with E-state index in [2.05, 4.69) is 9.97 Å². The molecule has 0 saturated carbocycles. The van der Waals surface area contributed by atoms with Crippen molar-refractivity contribution in [3.8, 4) is 11.5 Å². The zero-order valence-corrected chi connectivity index (χ0v) is 16.1. The van der Waals surface area contributed by atoms with E-state index in [9.17, 15) is 4.79 Å². The minimum atomic E-state index is -0.840. The smallest absolute Gasteiger partial charge is 0.303 e. The molecule has 28 heavy (non-hydrogen) atoms. The zero-order valence-electron chi connectivity index (χ0n) is 15.3. The molecule has 0 radical (unpaired) electrons. The van der Waals surface area contributed by atoms with Gasteiger partial charge in [-0.2, -0.15) is 0 Å². The van der Waals surface area contributed by atoms with Crippen LogP contribution >= 0.6 is 11.3 Å². The minimum Gasteiger partial charge on any atom is -0.481 e. The van der Waals surface area contributed by atoms with Crippen molar-refractivity contribution in [2.75, 3.05) is 0 Å². The number of rotatable bonds is 6. The monoisotopic (exact) mass is 390 g/mol. The quantitative estimate of drug-likeness (QED) is 0.459. The van der Waals surface area contributed by atoms with E-state index in [1.54, 1.807) is 17.6 Å². The van der Waals surface area contributed by atoms with E-state index < -0.39 is 5.97 Å². The number of fused-ring (bicyclic) bond motifs is 1. The van der Waals surface area contributed by atoms with E-state index in [0.717, 1.165) is 26.4 Å². The Kier molecular flexibility index (Phi) is 5.04. The summed E-state index contributed by atoms with van der Waals surface area (Å²) in [6, 6.07) is 15.8. The molecule has 1 N–H and O–H groups in total. The summed E-state index contributed by atoms with van der Waals surface area (Å²) >= 11 is 1.55. The van der Waals surface area contributed by atoms with Gasteiger partial charge in [-0.1, -0.05) is 29.8 Å². The summed E-state index contributed by atoms with van der Waals surface area (Å²) in [5.74, 6) is -0.305. The molecule has 0 fully saturated rings. The van der Waals surface area contributed by atoms with Crippen molar-refractivity contribution >= 4 is 39.2 Å². The molecule has 0 atom stereocenters. The standard InChI is InChI=1S/C22H18N2O3S/c1-14-6-8-15(9-7-14)21-23-17(13-27-21)12-16(10-11-20(25)26)22-24-18-4-2-3-5-19(18)28-22/h2-9,12-13H,10-11H2,1H3,(H,25,26). The number of carbonyl (C=O) groups is 1. The number of benzene rings is 2. The fourth-order valence-corrected chi connectivity index (χ4v) is 3.86. The first-order valence-corrected chi connectivity index (χ1v) is 9.71. The second-order valence-electron chi connectivity index (χ2n) is 6.49. The molecule has 5 nitrogen and oxygen atoms in total. The van der Waals surface area contributed by atoms with Crippen LogP contribution < -0.4 is 0 Å². The number of carboxylic acids is 1. The summed E-state index contributed by atoms with van der Waals surface area (Å²) in [6.45, 7) is 2.03. The molecule has 2 heterocycles. The third kappa shape index (κ3) is 4.02. The molecule has 2 aromatic carbocycles. The molecule has 2 aromatic heterocycles. The molecule has 4 aromatic rings. The lowest BCUT2D eigenvalue weighted by atomic mass is 10.1. The molecule has 4 rings (SSSR count). The second kappa shape index (κ2) is 7.78. The zero-order chi connectivity index (χ0) is 19.5. The molecule has 6 heteroatoms. The average Bonchev–Trinajstić information content (AvgIpc) is 3.32. The third-order valence-corrected chi connectivity index (χ3v) is 5.43. The number of thiazole rings is 1. The van der Waals surface area contributed by atoms with Crippen molar-refractivity contribution in [3.63, 3.8) is 0 Å². The number of allylic oxidation sites excluding steroid dienone is 1. The van der Waals surface area contributed by atoms with Crippen LogP contribution in [-0.4, -0.2) is 21.0 Å². The van der Waals surface area contributed by atoms with Crippen LogP contribution in [0.25, 0.3) is 33.3 Å². The number of aromatic nitrogens is 2. The molecular weight excluding hydrogens is 372 g/mol. The van der Waals surface area contributed by atoms with Crippen LogP contribution in [0.4, 0.5) is 0 Å². The largest absolute Gasteiger partial charge is 0.481 e. The number of hydrogen-bond acceptors (Lipinski definition) is 5. The van der Waals surface area contributed by atoms with E-state index in [0.29, 0.717) is 18.0 Å². The number of nitrogens with zero attached hydrogens (tertiary/aromatic N) is 2. The highest BCUT2D eigenvalue weighted by Crippen LogP contribution is 2.31. The summed E-state index contributed by atoms with van der Waals surface area (Å²) in [7, 11) is 0. The van der Waals surface area contributed by atoms with Gasteiger partial charge in [0.2, 0.25) is 5.89 Å². The minimum absolute atomic E-state index is 0.0322. The van der Waals surface area contributed by atoms with Gasteiger partial charge in [0.15, 0.2) is 0 Å². The normalized spacial score (nSPS) is 11.8. The molecule has 140 valence electrons. The number of oxazole rings is 1. The molecule has 0 amide bonds. The SMILES string of the molecule is Cc1ccc(-c2nc(C=C(CCC(=O)O)c3nc4ccccc4s3)co2)cc1. The van der Waals surface area contributed by atoms with Gasteiger partial charge < -0.3 is 9.52 Å². The van der Waals surface area contributed by atoms with Crippen LogP contribution in [0.1, 0.15) is 29.1 Å². The van der Waals surface area contributed by atoms with Crippen molar-refractivity contribution in [2.24, 2.45) is 0 Å². The Labute approximate surface area is 166 Å². The molecular formula is C22H18N2O3S. The predicted molar refractivity (Wildman–Crippen MR) is 111 cm³/mol. The van der Waals surface area contributed by atoms with Crippen LogP contribution in [0, 0.1) is 6.92 Å². The lowest BCUT2D eigenvalue weighted by Gasteiger charge is -2.01. The molecule has 0 aliphatic rings. The van der Waals surface area contributed by atoms with Crippen LogP contribution in [0.3, 0.4) is 0 Å². The van der Waals surface area contributed by atoms with Crippen LogP contribution in [0.5, 0.6) is 0 Å². The van der Waals surface area contributed by atoms with Crippen LogP contribution in [0.2, 0.25) is 0 Å². The Bertz CT molecular complexity index is 1120. The molecule has 0 bridgehead atoms. The van der Waals surface area contributed by atoms with Crippen molar-refractivity contribution in [1.29, 1.82) is 0 Å². The Hall–Kier alpha value is -3.25. The summed E-state index contributed by atoms with van der Waals surface area (Å²) in [6.07, 6.45) is 3.86. The van der Waals surface area contributed by atoms with E-state index >= 15 is 0 Å². The topological polar surface area (TPSA) is 76.2 Å². The van der Waals surface area contributed by atoms with Crippen molar-refractivity contribution in [2.45, 2.75) is 19.8 Å². The number of hydrogen-bond donors (Lipinski definition) is 1. The lowest BCUT2D eigenvalue weighted by Crippen LogP contribution is -1.95. The van der Waals surface area contributed by atoms with Gasteiger partial charge in [0.1, 0.15) is 17.0 Å². The molecule has 0 aliphatic heterocycles. The van der Waals surface area contributed by atoms with Crippen LogP contribution in [-0.2, 0) is 4.79 Å². The Morgan fingerprint density at radius 2 is 1.89 bits per heavy atom. The average molecular weight is 390 g/mol. The van der Waals surface area contributed by atoms with Gasteiger partial charge in [0.25, 0.3) is 0 Å². The fourth-order valence-electron chi connectivity index (χ4n) is 2.85. The predicted octanol–water partition coefficient (Wildman–Crippen LogP) is 5.67. The van der Waals surface area contributed by atoms with E-state index in [1.807, 2.05) is 61.5 Å². The van der Waals surface area contributed by atoms with Gasteiger partial charge >= 0.3 is 5.97 Å². The highest BCUT2D eigenvalue weighted by molar-refractivity contribution is 7.19. The highest BCUT2D eigenvalue weighted by Gasteiger charge is 2.13. The maximum absolute atomic E-state index is 11.1. The van der Waals surface area contributed by atoms with Gasteiger partial charge in [-0.15, -0.1) is 11.3 Å². The second-order valence-corrected chi connectivity index (χ2v) is 7.52. The van der Waals surface area contributed by atoms with Crippen LogP contribution in [0.15, 0.2) is 59.2 Å². The van der Waals surface area contributed by atoms with E-state index in [1.165, 1.54) is 5.56 Å². The van der Waals surface area contributed by atoms with E-state index in [-0.39, 0.29) is 6.42 Å². The Balaban J connectivity index is 1.68. The number of para-hydroxylation sites is 1. The first-order chi connectivity index (χ1) is 13.6. The van der Waals surface area contributed by atoms with Gasteiger partial charge in [-0.05, 0) is 49.3 Å². The molecule has 0 unspecified atom stereocenters. The van der Waals surface area contributed by atoms with Crippen molar-refractivity contribution in [3.05, 3.63) is 71.1 Å². The van der Waals surface area contributed by atoms with E-state index in [4.69, 9.17) is 9.52 Å². The first kappa shape index (κ1) is 18.1. The van der Waals surface area contributed by atoms with Gasteiger partial charge in [-0.25, -0.2) is 9.97 Å². The maximum atomic E-state index is 11.1. The first-order valence-electron chi connectivity index (χ1n) is 8.89. The lowest BCUT2D eigenvalue weighted by molar-refractivity contribution is -0.136. The Morgan fingerprint density at radius 1 is 1.11 bits per heavy atom. The molecule has 0 spiro atoms. The van der Waals surface area contributed by atoms with Crippen molar-refractivity contribution in [1.82, 2.24) is 9.97 Å². The fraction of sp³-hybridized carbons (Fsp3) is 0.136. The molecule has 0 aliphatic carbocycles. The maximum Gasteiger partial charge on any atom is 0.303 e. The highest BCUT2D eigenvalue weighted by atomic mass is 32.1. The number of aryl methyl sites for hydroxylation is 1. The Morgan fingerprint density at radius 3 is 2.64 bits per heavy atom. The third-order valence-electron chi connectivity index (χ3n) is 4.32. The van der Waals surface area contributed by atoms with Gasteiger partial charge in [-0.3, -0.25) is 4.79 Å².